The Kier molecular flexibility index (Phi) is 17.7. The molecule has 0 bridgehead atoms. The Balaban J connectivity index is 1.64. The number of ether oxygens (including phenoxy) is 4. The van der Waals surface area contributed by atoms with Crippen LogP contribution in [-0.2, 0) is 46.3 Å². The molecule has 4 amide bonds. The second kappa shape index (κ2) is 22.9. The van der Waals surface area contributed by atoms with Crippen molar-refractivity contribution in [1.29, 1.82) is 0 Å². The van der Waals surface area contributed by atoms with Crippen LogP contribution in [0.25, 0.3) is 0 Å². The van der Waals surface area contributed by atoms with Crippen LogP contribution in [0.2, 0.25) is 0 Å². The van der Waals surface area contributed by atoms with Gasteiger partial charge in [-0.05, 0) is 90.8 Å². The Morgan fingerprint density at radius 2 is 0.734 bits per heavy atom. The number of amides is 4. The summed E-state index contributed by atoms with van der Waals surface area (Å²) in [5, 5.41) is 10.4. The molecular formula is C49H58N4O11. The molecule has 2 unspecified atom stereocenters. The minimum absolute atomic E-state index is 0.0281. The maximum Gasteiger partial charge on any atom is 0.408 e. The number of para-hydroxylation sites is 2. The van der Waals surface area contributed by atoms with Gasteiger partial charge in [0.1, 0.15) is 34.8 Å². The molecule has 0 aromatic heterocycles. The first-order valence-corrected chi connectivity index (χ1v) is 20.9. The Morgan fingerprint density at radius 3 is 1.03 bits per heavy atom. The number of Topliss-reactive ketones (excluding diaryl/α,β-unsaturated/α-hetero) is 3. The van der Waals surface area contributed by atoms with Gasteiger partial charge in [0.15, 0.2) is 0 Å². The zero-order chi connectivity index (χ0) is 47.0. The Bertz CT molecular complexity index is 2040. The van der Waals surface area contributed by atoms with E-state index in [9.17, 15) is 33.6 Å². The second-order valence-electron chi connectivity index (χ2n) is 17.1. The van der Waals surface area contributed by atoms with Crippen LogP contribution in [0.3, 0.4) is 0 Å². The number of alkyl carbamates (subject to hydrolysis) is 2. The SMILES string of the molecule is C[C@H](NC(=O)[C@H](Cc1ccccc1)NC(=O)OC(C)(C)C)C(=O)C(Oc1ccccc1)C(=O)C(Oc1ccccc1)C(=O)[C@H](C)NC(=O)[C@H](Cc1ccccc1)NC(=O)OC(C)(C)C. The van der Waals surface area contributed by atoms with Gasteiger partial charge in [0.05, 0.1) is 12.1 Å². The summed E-state index contributed by atoms with van der Waals surface area (Å²) < 4.78 is 22.8. The fourth-order valence-corrected chi connectivity index (χ4v) is 6.16. The molecule has 0 aliphatic carbocycles. The topological polar surface area (TPSA) is 205 Å². The van der Waals surface area contributed by atoms with E-state index in [2.05, 4.69) is 21.3 Å². The van der Waals surface area contributed by atoms with E-state index >= 15 is 0 Å². The molecule has 0 spiro atoms. The number of carbonyl (C=O) groups is 7. The van der Waals surface area contributed by atoms with Gasteiger partial charge in [0.2, 0.25) is 41.4 Å². The highest BCUT2D eigenvalue weighted by Gasteiger charge is 2.44. The van der Waals surface area contributed by atoms with Crippen LogP contribution >= 0.6 is 0 Å². The van der Waals surface area contributed by atoms with Crippen molar-refractivity contribution in [1.82, 2.24) is 21.3 Å². The summed E-state index contributed by atoms with van der Waals surface area (Å²) in [5.74, 6) is -4.39. The molecule has 340 valence electrons. The van der Waals surface area contributed by atoms with Crippen LogP contribution in [0.5, 0.6) is 11.5 Å². The quantitative estimate of drug-likeness (QED) is 0.0773. The number of carbonyl (C=O) groups excluding carboxylic acids is 7. The van der Waals surface area contributed by atoms with Crippen LogP contribution in [0.1, 0.15) is 66.5 Å². The van der Waals surface area contributed by atoms with E-state index in [1.807, 2.05) is 0 Å². The number of hydrogen-bond donors (Lipinski definition) is 4. The van der Waals surface area contributed by atoms with E-state index < -0.39 is 88.9 Å². The maximum absolute atomic E-state index is 14.8. The molecule has 4 aromatic rings. The Hall–Kier alpha value is -7.03. The van der Waals surface area contributed by atoms with Crippen molar-refractivity contribution in [2.24, 2.45) is 0 Å². The molecule has 15 nitrogen and oxygen atoms in total. The second-order valence-corrected chi connectivity index (χ2v) is 17.1. The van der Waals surface area contributed by atoms with Gasteiger partial charge in [-0.1, -0.05) is 97.1 Å². The lowest BCUT2D eigenvalue weighted by Crippen LogP contribution is -2.59. The predicted molar refractivity (Wildman–Crippen MR) is 239 cm³/mol. The summed E-state index contributed by atoms with van der Waals surface area (Å²) >= 11 is 0. The minimum Gasteiger partial charge on any atom is -0.475 e. The zero-order valence-electron chi connectivity index (χ0n) is 37.4. The van der Waals surface area contributed by atoms with Crippen LogP contribution in [-0.4, -0.2) is 88.9 Å². The van der Waals surface area contributed by atoms with E-state index in [4.69, 9.17) is 18.9 Å². The Morgan fingerprint density at radius 1 is 0.438 bits per heavy atom. The first-order valence-electron chi connectivity index (χ1n) is 20.9. The molecule has 4 N–H and O–H groups in total. The van der Waals surface area contributed by atoms with Crippen LogP contribution < -0.4 is 30.7 Å². The molecule has 0 saturated carbocycles. The van der Waals surface area contributed by atoms with Crippen LogP contribution in [0, 0.1) is 0 Å². The highest BCUT2D eigenvalue weighted by molar-refractivity contribution is 6.18. The maximum atomic E-state index is 14.8. The first-order chi connectivity index (χ1) is 30.2. The molecule has 15 heteroatoms. The van der Waals surface area contributed by atoms with Crippen LogP contribution in [0.15, 0.2) is 121 Å². The smallest absolute Gasteiger partial charge is 0.408 e. The average Bonchev–Trinajstić information content (AvgIpc) is 3.23. The van der Waals surface area contributed by atoms with Gasteiger partial charge in [-0.15, -0.1) is 0 Å². The van der Waals surface area contributed by atoms with Gasteiger partial charge in [-0.3, -0.25) is 24.0 Å². The molecule has 64 heavy (non-hydrogen) atoms. The summed E-state index contributed by atoms with van der Waals surface area (Å²) in [7, 11) is 0. The molecular weight excluding hydrogens is 821 g/mol. The van der Waals surface area contributed by atoms with Crippen molar-refractivity contribution in [3.05, 3.63) is 132 Å². The van der Waals surface area contributed by atoms with E-state index in [1.54, 1.807) is 139 Å². The highest BCUT2D eigenvalue weighted by Crippen LogP contribution is 2.20. The lowest BCUT2D eigenvalue weighted by Gasteiger charge is -2.28. The molecule has 0 heterocycles. The summed E-state index contributed by atoms with van der Waals surface area (Å²) in [5.41, 5.74) is -0.350. The normalized spacial score (nSPS) is 14.1. The summed E-state index contributed by atoms with van der Waals surface area (Å²) in [6, 6.07) is 28.3. The highest BCUT2D eigenvalue weighted by atomic mass is 16.6. The fraction of sp³-hybridized carbons (Fsp3) is 0.367. The lowest BCUT2D eigenvalue weighted by molar-refractivity contribution is -0.148. The molecule has 0 radical (unpaired) electrons. The van der Waals surface area contributed by atoms with E-state index in [1.165, 1.54) is 38.1 Å². The average molecular weight is 879 g/mol. The number of rotatable bonds is 20. The molecule has 6 atom stereocenters. The number of ketones is 3. The zero-order valence-corrected chi connectivity index (χ0v) is 37.4. The number of nitrogens with one attached hydrogen (secondary N) is 4. The standard InChI is InChI=1S/C49H58N4O11/c1-31(50-44(57)37(29-33-21-13-9-14-22-33)52-46(59)63-48(3,4)5)39(54)42(61-35-25-17-11-18-26-35)41(56)43(62-36-27-19-12-20-28-36)40(55)32(2)51-45(58)38(30-34-23-15-10-16-24-34)53-47(60)64-49(6,7)8/h9-28,31-32,37-38,42-43H,29-30H2,1-8H3,(H,50,57)(H,51,58)(H,52,59)(H,53,60)/t31-,32-,37-,38-,42?,43?/m0/s1. The van der Waals surface area contributed by atoms with Crippen molar-refractivity contribution >= 4 is 41.4 Å². The molecule has 0 saturated heterocycles. The van der Waals surface area contributed by atoms with Crippen molar-refractivity contribution in [3.63, 3.8) is 0 Å². The van der Waals surface area contributed by atoms with Crippen LogP contribution in [0.4, 0.5) is 9.59 Å². The molecule has 4 aromatic carbocycles. The fourth-order valence-electron chi connectivity index (χ4n) is 6.16. The summed E-state index contributed by atoms with van der Waals surface area (Å²) in [4.78, 5) is 97.2. The van der Waals surface area contributed by atoms with Gasteiger partial charge in [-0.25, -0.2) is 9.59 Å². The minimum atomic E-state index is -2.04. The van der Waals surface area contributed by atoms with E-state index in [-0.39, 0.29) is 24.3 Å². The summed E-state index contributed by atoms with van der Waals surface area (Å²) in [6.45, 7) is 12.7. The number of hydrogen-bond acceptors (Lipinski definition) is 11. The molecule has 0 fully saturated rings. The lowest BCUT2D eigenvalue weighted by atomic mass is 9.95. The van der Waals surface area contributed by atoms with Crippen molar-refractivity contribution in [2.45, 2.75) is 116 Å². The van der Waals surface area contributed by atoms with Gasteiger partial charge in [-0.2, -0.15) is 0 Å². The van der Waals surface area contributed by atoms with Gasteiger partial charge >= 0.3 is 12.2 Å². The Labute approximate surface area is 374 Å². The van der Waals surface area contributed by atoms with Crippen molar-refractivity contribution < 1.29 is 52.5 Å². The van der Waals surface area contributed by atoms with Gasteiger partial charge < -0.3 is 40.2 Å². The molecule has 4 rings (SSSR count). The third kappa shape index (κ3) is 16.3. The molecule has 0 aliphatic rings. The first kappa shape index (κ1) is 49.6. The monoisotopic (exact) mass is 878 g/mol. The van der Waals surface area contributed by atoms with E-state index in [0.717, 1.165) is 0 Å². The van der Waals surface area contributed by atoms with Crippen molar-refractivity contribution in [3.8, 4) is 11.5 Å². The largest absolute Gasteiger partial charge is 0.475 e. The third-order valence-electron chi connectivity index (χ3n) is 9.18. The molecule has 0 aliphatic heterocycles. The van der Waals surface area contributed by atoms with E-state index in [0.29, 0.717) is 11.1 Å². The number of benzene rings is 4. The van der Waals surface area contributed by atoms with Crippen molar-refractivity contribution in [2.75, 3.05) is 0 Å². The van der Waals surface area contributed by atoms with Gasteiger partial charge in [0, 0.05) is 12.8 Å². The summed E-state index contributed by atoms with van der Waals surface area (Å²) in [6.07, 6.45) is -5.75. The van der Waals surface area contributed by atoms with Gasteiger partial charge in [0.25, 0.3) is 0 Å². The predicted octanol–water partition coefficient (Wildman–Crippen LogP) is 5.87. The third-order valence-corrected chi connectivity index (χ3v) is 9.18.